The van der Waals surface area contributed by atoms with E-state index >= 15 is 0 Å². The molecule has 1 aliphatic heterocycles. The number of nitrogens with two attached hydrogens (primary N) is 1. The van der Waals surface area contributed by atoms with E-state index in [1.54, 1.807) is 29.2 Å². The van der Waals surface area contributed by atoms with Gasteiger partial charge >= 0.3 is 0 Å². The van der Waals surface area contributed by atoms with Crippen LogP contribution in [0.15, 0.2) is 24.3 Å². The number of nitrogens with one attached hydrogen (secondary N) is 2. The van der Waals surface area contributed by atoms with Crippen molar-refractivity contribution in [1.82, 2.24) is 10.6 Å². The molecule has 0 bridgehead atoms. The highest BCUT2D eigenvalue weighted by Gasteiger charge is 2.31. The number of carbonyl (C=O) groups is 3. The van der Waals surface area contributed by atoms with E-state index in [1.807, 2.05) is 0 Å². The number of carbonyl (C=O) groups excluding carboxylic acids is 3. The summed E-state index contributed by atoms with van der Waals surface area (Å²) in [5.74, 6) is -1.05. The molecule has 1 aliphatic rings. The molecule has 9 heteroatoms. The first kappa shape index (κ1) is 20.2. The Balaban J connectivity index is 0.00000288. The van der Waals surface area contributed by atoms with Gasteiger partial charge in [0, 0.05) is 6.54 Å². The lowest BCUT2D eigenvalue weighted by Crippen LogP contribution is -2.54. The molecule has 2 rings (SSSR count). The van der Waals surface area contributed by atoms with Gasteiger partial charge in [-0.1, -0.05) is 23.7 Å². The van der Waals surface area contributed by atoms with Crippen LogP contribution in [-0.4, -0.2) is 43.4 Å². The molecule has 1 atom stereocenters. The highest BCUT2D eigenvalue weighted by atomic mass is 35.5. The van der Waals surface area contributed by atoms with E-state index in [0.717, 1.165) is 6.42 Å². The van der Waals surface area contributed by atoms with Gasteiger partial charge in [-0.2, -0.15) is 0 Å². The third-order valence-corrected chi connectivity index (χ3v) is 3.87. The summed E-state index contributed by atoms with van der Waals surface area (Å²) in [5, 5.41) is 5.49. The Labute approximate surface area is 151 Å². The molecular weight excluding hydrogens is 355 g/mol. The summed E-state index contributed by atoms with van der Waals surface area (Å²) >= 11 is 6.14. The number of amides is 3. The highest BCUT2D eigenvalue weighted by Crippen LogP contribution is 2.28. The summed E-state index contributed by atoms with van der Waals surface area (Å²) in [5.41, 5.74) is 5.78. The number of para-hydroxylation sites is 1. The maximum atomic E-state index is 12.6. The molecule has 0 aliphatic carbocycles. The molecule has 0 radical (unpaired) electrons. The van der Waals surface area contributed by atoms with Crippen LogP contribution in [-0.2, 0) is 14.4 Å². The molecule has 24 heavy (non-hydrogen) atoms. The molecule has 1 saturated heterocycles. The second-order valence-electron chi connectivity index (χ2n) is 5.18. The van der Waals surface area contributed by atoms with Gasteiger partial charge in [0.2, 0.25) is 17.7 Å². The molecule has 1 aromatic carbocycles. The Hall–Kier alpha value is -1.83. The maximum absolute atomic E-state index is 12.6. The van der Waals surface area contributed by atoms with E-state index in [-0.39, 0.29) is 31.4 Å². The summed E-state index contributed by atoms with van der Waals surface area (Å²) < 4.78 is 0. The van der Waals surface area contributed by atoms with Crippen molar-refractivity contribution in [2.45, 2.75) is 18.9 Å². The maximum Gasteiger partial charge on any atom is 0.249 e. The topological polar surface area (TPSA) is 105 Å². The number of anilines is 1. The fourth-order valence-corrected chi connectivity index (χ4v) is 2.65. The number of hydrogen-bond donors (Lipinski definition) is 3. The van der Waals surface area contributed by atoms with Gasteiger partial charge in [-0.3, -0.25) is 14.4 Å². The van der Waals surface area contributed by atoms with Crippen LogP contribution in [0.5, 0.6) is 0 Å². The average molecular weight is 375 g/mol. The molecule has 1 fully saturated rings. The Morgan fingerprint density at radius 1 is 1.29 bits per heavy atom. The number of halogens is 2. The van der Waals surface area contributed by atoms with Crippen molar-refractivity contribution in [1.29, 1.82) is 0 Å². The SMILES string of the molecule is Cl.NCC(=O)NCC(=O)NC1CCCN(c2ccccc2Cl)C1=O. The van der Waals surface area contributed by atoms with E-state index < -0.39 is 17.9 Å². The van der Waals surface area contributed by atoms with Gasteiger partial charge < -0.3 is 21.3 Å². The molecule has 1 unspecified atom stereocenters. The quantitative estimate of drug-likeness (QED) is 0.695. The Morgan fingerprint density at radius 2 is 2.00 bits per heavy atom. The zero-order valence-electron chi connectivity index (χ0n) is 13.0. The molecule has 0 saturated carbocycles. The monoisotopic (exact) mass is 374 g/mol. The molecule has 3 amide bonds. The van der Waals surface area contributed by atoms with Gasteiger partial charge in [0.25, 0.3) is 0 Å². The van der Waals surface area contributed by atoms with Crippen LogP contribution in [0.2, 0.25) is 5.02 Å². The van der Waals surface area contributed by atoms with Gasteiger partial charge in [-0.05, 0) is 25.0 Å². The third-order valence-electron chi connectivity index (χ3n) is 3.55. The van der Waals surface area contributed by atoms with Gasteiger partial charge in [0.15, 0.2) is 0 Å². The van der Waals surface area contributed by atoms with E-state index in [0.29, 0.717) is 23.7 Å². The summed E-state index contributed by atoms with van der Waals surface area (Å²) in [4.78, 5) is 37.0. The fourth-order valence-electron chi connectivity index (χ4n) is 2.42. The molecule has 1 aromatic rings. The van der Waals surface area contributed by atoms with Crippen molar-refractivity contribution >= 4 is 47.4 Å². The first-order valence-electron chi connectivity index (χ1n) is 7.35. The fraction of sp³-hybridized carbons (Fsp3) is 0.400. The van der Waals surface area contributed by atoms with E-state index in [1.165, 1.54) is 0 Å². The summed E-state index contributed by atoms with van der Waals surface area (Å²) in [6.45, 7) is 0.167. The predicted octanol–water partition coefficient (Wildman–Crippen LogP) is 0.448. The van der Waals surface area contributed by atoms with Crippen LogP contribution in [0.3, 0.4) is 0 Å². The first-order valence-corrected chi connectivity index (χ1v) is 7.72. The predicted molar refractivity (Wildman–Crippen MR) is 94.3 cm³/mol. The van der Waals surface area contributed by atoms with Crippen LogP contribution < -0.4 is 21.3 Å². The molecule has 7 nitrogen and oxygen atoms in total. The van der Waals surface area contributed by atoms with Crippen molar-refractivity contribution in [3.8, 4) is 0 Å². The van der Waals surface area contributed by atoms with Gasteiger partial charge in [-0.15, -0.1) is 12.4 Å². The van der Waals surface area contributed by atoms with Crippen molar-refractivity contribution in [2.75, 3.05) is 24.5 Å². The molecule has 1 heterocycles. The smallest absolute Gasteiger partial charge is 0.249 e. The normalized spacial score (nSPS) is 17.0. The zero-order valence-corrected chi connectivity index (χ0v) is 14.5. The summed E-state index contributed by atoms with van der Waals surface area (Å²) in [6, 6.07) is 6.46. The zero-order chi connectivity index (χ0) is 16.8. The minimum Gasteiger partial charge on any atom is -0.346 e. The summed E-state index contributed by atoms with van der Waals surface area (Å²) in [7, 11) is 0. The number of piperidine rings is 1. The van der Waals surface area contributed by atoms with Gasteiger partial charge in [-0.25, -0.2) is 0 Å². The van der Waals surface area contributed by atoms with E-state index in [4.69, 9.17) is 17.3 Å². The average Bonchev–Trinajstić information content (AvgIpc) is 2.55. The second-order valence-corrected chi connectivity index (χ2v) is 5.59. The third kappa shape index (κ3) is 5.09. The molecule has 132 valence electrons. The highest BCUT2D eigenvalue weighted by molar-refractivity contribution is 6.33. The number of nitrogens with zero attached hydrogens (tertiary/aromatic N) is 1. The Morgan fingerprint density at radius 3 is 2.67 bits per heavy atom. The Bertz CT molecular complexity index is 612. The van der Waals surface area contributed by atoms with Crippen LogP contribution in [0.4, 0.5) is 5.69 Å². The largest absolute Gasteiger partial charge is 0.346 e. The van der Waals surface area contributed by atoms with Gasteiger partial charge in [0.05, 0.1) is 23.8 Å². The van der Waals surface area contributed by atoms with Crippen LogP contribution in [0.25, 0.3) is 0 Å². The van der Waals surface area contributed by atoms with Crippen LogP contribution in [0, 0.1) is 0 Å². The minimum atomic E-state index is -0.623. The van der Waals surface area contributed by atoms with Crippen molar-refractivity contribution in [2.24, 2.45) is 5.73 Å². The van der Waals surface area contributed by atoms with Crippen LogP contribution >= 0.6 is 24.0 Å². The minimum absolute atomic E-state index is 0. The molecule has 0 spiro atoms. The molecule has 4 N–H and O–H groups in total. The molecular formula is C15H20Cl2N4O3. The lowest BCUT2D eigenvalue weighted by Gasteiger charge is -2.33. The van der Waals surface area contributed by atoms with E-state index in [9.17, 15) is 14.4 Å². The number of rotatable bonds is 5. The van der Waals surface area contributed by atoms with Gasteiger partial charge in [0.1, 0.15) is 6.04 Å². The lowest BCUT2D eigenvalue weighted by atomic mass is 10.0. The second kappa shape index (κ2) is 9.46. The number of hydrogen-bond acceptors (Lipinski definition) is 4. The van der Waals surface area contributed by atoms with Crippen molar-refractivity contribution in [3.05, 3.63) is 29.3 Å². The van der Waals surface area contributed by atoms with Crippen molar-refractivity contribution < 1.29 is 14.4 Å². The number of benzene rings is 1. The standard InChI is InChI=1S/C15H19ClN4O3.ClH/c16-10-4-1-2-6-12(10)20-7-3-5-11(15(20)23)19-14(22)9-18-13(21)8-17;/h1-2,4,6,11H,3,5,7-9,17H2,(H,18,21)(H,19,22);1H. The molecule has 0 aromatic heterocycles. The van der Waals surface area contributed by atoms with E-state index in [2.05, 4.69) is 10.6 Å². The van der Waals surface area contributed by atoms with Crippen molar-refractivity contribution in [3.63, 3.8) is 0 Å². The lowest BCUT2D eigenvalue weighted by molar-refractivity contribution is -0.129. The Kier molecular flexibility index (Phi) is 7.97. The summed E-state index contributed by atoms with van der Waals surface area (Å²) in [6.07, 6.45) is 1.30. The first-order chi connectivity index (χ1) is 11.0. The van der Waals surface area contributed by atoms with Crippen LogP contribution in [0.1, 0.15) is 12.8 Å².